The summed E-state index contributed by atoms with van der Waals surface area (Å²) >= 11 is 0. The Hall–Kier alpha value is -0.630. The summed E-state index contributed by atoms with van der Waals surface area (Å²) in [6.07, 6.45) is 0.608. The number of rotatable bonds is 4. The Bertz CT molecular complexity index is 161. The first-order chi connectivity index (χ1) is 5.95. The first-order valence-corrected chi connectivity index (χ1v) is 4.88. The van der Waals surface area contributed by atoms with Gasteiger partial charge in [0.25, 0.3) is 0 Å². The van der Waals surface area contributed by atoms with Gasteiger partial charge in [-0.05, 0) is 13.3 Å². The summed E-state index contributed by atoms with van der Waals surface area (Å²) in [4.78, 5) is 11.2. The zero-order valence-electron chi connectivity index (χ0n) is 9.55. The molecule has 13 heavy (non-hydrogen) atoms. The molecule has 1 atom stereocenters. The minimum absolute atomic E-state index is 0.0318. The zero-order valence-corrected chi connectivity index (χ0v) is 9.55. The largest absolute Gasteiger partial charge is 0.321 e. The van der Waals surface area contributed by atoms with Crippen molar-refractivity contribution >= 4 is 5.78 Å². The molecule has 0 spiro atoms. The van der Waals surface area contributed by atoms with Gasteiger partial charge in [0.05, 0.1) is 6.04 Å². The lowest BCUT2D eigenvalue weighted by Gasteiger charge is -2.12. The fourth-order valence-electron chi connectivity index (χ4n) is 0.904. The van der Waals surface area contributed by atoms with E-state index in [1.165, 1.54) is 0 Å². The number of carbonyl (C=O) groups excluding carboxylic acids is 1. The molecule has 0 saturated carbocycles. The maximum absolute atomic E-state index is 11.2. The van der Waals surface area contributed by atoms with Gasteiger partial charge in [0.15, 0.2) is 5.78 Å². The molecule has 78 valence electrons. The summed E-state index contributed by atoms with van der Waals surface area (Å²) in [6, 6.07) is -0.354. The van der Waals surface area contributed by atoms with E-state index in [1.807, 2.05) is 34.6 Å². The average Bonchev–Trinajstić information content (AvgIpc) is 2.05. The molecular formula is C11H23NO. The fraction of sp³-hybridized carbons (Fsp3) is 0.727. The predicted molar refractivity (Wildman–Crippen MR) is 58.6 cm³/mol. The van der Waals surface area contributed by atoms with Gasteiger partial charge in [-0.2, -0.15) is 0 Å². The number of hydrogen-bond acceptors (Lipinski definition) is 2. The van der Waals surface area contributed by atoms with Crippen LogP contribution in [0.5, 0.6) is 0 Å². The minimum Gasteiger partial charge on any atom is -0.321 e. The molecule has 0 aromatic rings. The van der Waals surface area contributed by atoms with Crippen molar-refractivity contribution in [1.29, 1.82) is 0 Å². The quantitative estimate of drug-likeness (QED) is 0.684. The first kappa shape index (κ1) is 14.9. The van der Waals surface area contributed by atoms with Gasteiger partial charge in [-0.3, -0.25) is 4.79 Å². The standard InChI is InChI=1S/C9H17NO.C2H6/c1-6(2)5-8(10)9(11)7(3)4;1-2/h7-8H,1,5,10H2,2-4H3;1-2H3. The lowest BCUT2D eigenvalue weighted by atomic mass is 9.98. The van der Waals surface area contributed by atoms with Crippen LogP contribution in [0.25, 0.3) is 0 Å². The van der Waals surface area contributed by atoms with Crippen LogP contribution >= 0.6 is 0 Å². The molecule has 0 saturated heterocycles. The van der Waals surface area contributed by atoms with Crippen molar-refractivity contribution in [3.05, 3.63) is 12.2 Å². The summed E-state index contributed by atoms with van der Waals surface area (Å²) in [5, 5.41) is 0. The third-order valence-corrected chi connectivity index (χ3v) is 1.50. The molecule has 0 aliphatic carbocycles. The van der Waals surface area contributed by atoms with E-state index in [9.17, 15) is 4.79 Å². The van der Waals surface area contributed by atoms with Gasteiger partial charge in [0.1, 0.15) is 0 Å². The van der Waals surface area contributed by atoms with Crippen LogP contribution in [0.1, 0.15) is 41.0 Å². The smallest absolute Gasteiger partial charge is 0.152 e. The SMILES string of the molecule is C=C(C)CC(N)C(=O)C(C)C.CC. The second kappa shape index (κ2) is 7.99. The van der Waals surface area contributed by atoms with Crippen LogP contribution in [-0.4, -0.2) is 11.8 Å². The lowest BCUT2D eigenvalue weighted by molar-refractivity contribution is -0.123. The molecule has 0 aliphatic rings. The van der Waals surface area contributed by atoms with Gasteiger partial charge in [-0.15, -0.1) is 6.58 Å². The van der Waals surface area contributed by atoms with Crippen molar-refractivity contribution in [3.63, 3.8) is 0 Å². The Labute approximate surface area is 82.2 Å². The van der Waals surface area contributed by atoms with Gasteiger partial charge in [-0.1, -0.05) is 33.3 Å². The number of ketones is 1. The first-order valence-electron chi connectivity index (χ1n) is 4.88. The molecular weight excluding hydrogens is 162 g/mol. The van der Waals surface area contributed by atoms with Gasteiger partial charge in [0, 0.05) is 5.92 Å². The second-order valence-electron chi connectivity index (χ2n) is 3.32. The van der Waals surface area contributed by atoms with Crippen molar-refractivity contribution in [2.24, 2.45) is 11.7 Å². The average molecular weight is 185 g/mol. The van der Waals surface area contributed by atoms with E-state index in [1.54, 1.807) is 0 Å². The molecule has 2 N–H and O–H groups in total. The van der Waals surface area contributed by atoms with E-state index in [4.69, 9.17) is 5.73 Å². The van der Waals surface area contributed by atoms with E-state index in [0.717, 1.165) is 5.57 Å². The normalized spacial score (nSPS) is 11.6. The van der Waals surface area contributed by atoms with Gasteiger partial charge in [0.2, 0.25) is 0 Å². The molecule has 0 bridgehead atoms. The third-order valence-electron chi connectivity index (χ3n) is 1.50. The van der Waals surface area contributed by atoms with Gasteiger partial charge >= 0.3 is 0 Å². The Morgan fingerprint density at radius 2 is 1.77 bits per heavy atom. The van der Waals surface area contributed by atoms with E-state index < -0.39 is 0 Å². The number of nitrogens with two attached hydrogens (primary N) is 1. The molecule has 2 heteroatoms. The maximum atomic E-state index is 11.2. The Balaban J connectivity index is 0. The van der Waals surface area contributed by atoms with E-state index in [2.05, 4.69) is 6.58 Å². The third kappa shape index (κ3) is 7.72. The second-order valence-corrected chi connectivity index (χ2v) is 3.32. The lowest BCUT2D eigenvalue weighted by Crippen LogP contribution is -2.33. The highest BCUT2D eigenvalue weighted by Crippen LogP contribution is 2.05. The number of hydrogen-bond donors (Lipinski definition) is 1. The zero-order chi connectivity index (χ0) is 11.0. The number of Topliss-reactive ketones (excluding diaryl/α,β-unsaturated/α-hetero) is 1. The van der Waals surface area contributed by atoms with Crippen LogP contribution in [0.3, 0.4) is 0 Å². The molecule has 0 aromatic heterocycles. The van der Waals surface area contributed by atoms with E-state index in [-0.39, 0.29) is 17.7 Å². The molecule has 0 radical (unpaired) electrons. The van der Waals surface area contributed by atoms with Crippen LogP contribution < -0.4 is 5.73 Å². The van der Waals surface area contributed by atoms with Crippen molar-refractivity contribution in [1.82, 2.24) is 0 Å². The molecule has 1 unspecified atom stereocenters. The van der Waals surface area contributed by atoms with Crippen LogP contribution in [0.15, 0.2) is 12.2 Å². The highest BCUT2D eigenvalue weighted by molar-refractivity contribution is 5.85. The van der Waals surface area contributed by atoms with Crippen molar-refractivity contribution < 1.29 is 4.79 Å². The molecule has 0 rings (SSSR count). The maximum Gasteiger partial charge on any atom is 0.152 e. The molecule has 0 aliphatic heterocycles. The monoisotopic (exact) mass is 185 g/mol. The summed E-state index contributed by atoms with van der Waals surface area (Å²) in [5.74, 6) is 0.150. The van der Waals surface area contributed by atoms with Crippen LogP contribution in [0.4, 0.5) is 0 Å². The van der Waals surface area contributed by atoms with Crippen LogP contribution in [0, 0.1) is 5.92 Å². The Morgan fingerprint density at radius 3 is 2.00 bits per heavy atom. The molecule has 0 fully saturated rings. The number of carbonyl (C=O) groups is 1. The predicted octanol–water partition coefficient (Wildman–Crippen LogP) is 2.53. The molecule has 2 nitrogen and oxygen atoms in total. The molecule has 0 amide bonds. The van der Waals surface area contributed by atoms with Crippen molar-refractivity contribution in [2.75, 3.05) is 0 Å². The highest BCUT2D eigenvalue weighted by Gasteiger charge is 2.16. The topological polar surface area (TPSA) is 43.1 Å². The summed E-state index contributed by atoms with van der Waals surface area (Å²) in [5.41, 5.74) is 6.57. The molecule has 0 heterocycles. The van der Waals surface area contributed by atoms with Crippen LogP contribution in [-0.2, 0) is 4.79 Å². The van der Waals surface area contributed by atoms with Crippen molar-refractivity contribution in [2.45, 2.75) is 47.1 Å². The summed E-state index contributed by atoms with van der Waals surface area (Å²) < 4.78 is 0. The summed E-state index contributed by atoms with van der Waals surface area (Å²) in [6.45, 7) is 13.3. The van der Waals surface area contributed by atoms with E-state index in [0.29, 0.717) is 6.42 Å². The van der Waals surface area contributed by atoms with Gasteiger partial charge < -0.3 is 5.73 Å². The van der Waals surface area contributed by atoms with E-state index >= 15 is 0 Å². The Kier molecular flexibility index (Phi) is 9.14. The Morgan fingerprint density at radius 1 is 1.38 bits per heavy atom. The van der Waals surface area contributed by atoms with Crippen molar-refractivity contribution in [3.8, 4) is 0 Å². The summed E-state index contributed by atoms with van der Waals surface area (Å²) in [7, 11) is 0. The highest BCUT2D eigenvalue weighted by atomic mass is 16.1. The minimum atomic E-state index is -0.354. The fourth-order valence-corrected chi connectivity index (χ4v) is 0.904. The van der Waals surface area contributed by atoms with Crippen LogP contribution in [0.2, 0.25) is 0 Å². The molecule has 0 aromatic carbocycles. The van der Waals surface area contributed by atoms with Gasteiger partial charge in [-0.25, -0.2) is 0 Å².